The van der Waals surface area contributed by atoms with E-state index >= 15 is 0 Å². The Balaban J connectivity index is 1.83. The average molecular weight is 395 g/mol. The molecule has 0 bridgehead atoms. The Kier molecular flexibility index (Phi) is 5.15. The van der Waals surface area contributed by atoms with Gasteiger partial charge in [0.25, 0.3) is 5.91 Å². The van der Waals surface area contributed by atoms with Gasteiger partial charge in [-0.1, -0.05) is 23.7 Å². The second-order valence-electron chi connectivity index (χ2n) is 6.26. The van der Waals surface area contributed by atoms with Crippen molar-refractivity contribution in [1.29, 1.82) is 0 Å². The lowest BCUT2D eigenvalue weighted by Crippen LogP contribution is -2.38. The van der Waals surface area contributed by atoms with Gasteiger partial charge in [-0.2, -0.15) is 0 Å². The third-order valence-electron chi connectivity index (χ3n) is 4.27. The van der Waals surface area contributed by atoms with Gasteiger partial charge in [-0.05, 0) is 25.5 Å². The van der Waals surface area contributed by atoms with Crippen LogP contribution in [0.25, 0.3) is 0 Å². The van der Waals surface area contributed by atoms with Gasteiger partial charge in [0, 0.05) is 19.2 Å². The van der Waals surface area contributed by atoms with E-state index in [-0.39, 0.29) is 29.1 Å². The maximum absolute atomic E-state index is 12.8. The Hall–Kier alpha value is -2.19. The van der Waals surface area contributed by atoms with Crippen molar-refractivity contribution in [1.82, 2.24) is 14.9 Å². The number of hydrogen-bond acceptors (Lipinski definition) is 6. The number of halogens is 1. The summed E-state index contributed by atoms with van der Waals surface area (Å²) in [6.07, 6.45) is 0.444. The molecule has 1 N–H and O–H groups in total. The lowest BCUT2D eigenvalue weighted by Gasteiger charge is -2.23. The zero-order valence-corrected chi connectivity index (χ0v) is 16.0. The summed E-state index contributed by atoms with van der Waals surface area (Å²) >= 11 is 6.14. The first-order chi connectivity index (χ1) is 12.2. The van der Waals surface area contributed by atoms with Crippen molar-refractivity contribution in [3.63, 3.8) is 0 Å². The summed E-state index contributed by atoms with van der Waals surface area (Å²) < 4.78 is 23.3. The van der Waals surface area contributed by atoms with Crippen molar-refractivity contribution in [2.75, 3.05) is 23.9 Å². The van der Waals surface area contributed by atoms with Crippen molar-refractivity contribution in [2.45, 2.75) is 19.4 Å². The summed E-state index contributed by atoms with van der Waals surface area (Å²) in [6, 6.07) is 8.41. The SMILES string of the molecule is Cc1nc(Nc2ccccc2Cl)cc(C(=O)N(C)C2CCS(=O)(=O)C2)n1. The highest BCUT2D eigenvalue weighted by Gasteiger charge is 2.33. The summed E-state index contributed by atoms with van der Waals surface area (Å²) in [4.78, 5) is 22.7. The van der Waals surface area contributed by atoms with E-state index in [1.807, 2.05) is 12.1 Å². The van der Waals surface area contributed by atoms with E-state index in [0.717, 1.165) is 0 Å². The fourth-order valence-electron chi connectivity index (χ4n) is 2.87. The molecule has 9 heteroatoms. The number of aromatic nitrogens is 2. The first-order valence-corrected chi connectivity index (χ1v) is 10.3. The molecule has 138 valence electrons. The smallest absolute Gasteiger partial charge is 0.272 e. The van der Waals surface area contributed by atoms with Crippen LogP contribution >= 0.6 is 11.6 Å². The van der Waals surface area contributed by atoms with Crippen LogP contribution in [0.4, 0.5) is 11.5 Å². The number of carbonyl (C=O) groups is 1. The molecule has 1 atom stereocenters. The molecular weight excluding hydrogens is 376 g/mol. The zero-order chi connectivity index (χ0) is 18.9. The third kappa shape index (κ3) is 4.13. The van der Waals surface area contributed by atoms with Gasteiger partial charge in [-0.25, -0.2) is 18.4 Å². The van der Waals surface area contributed by atoms with Crippen LogP contribution in [-0.4, -0.2) is 53.8 Å². The number of nitrogens with one attached hydrogen (secondary N) is 1. The van der Waals surface area contributed by atoms with E-state index in [0.29, 0.717) is 28.8 Å². The first-order valence-electron chi connectivity index (χ1n) is 8.10. The van der Waals surface area contributed by atoms with Crippen molar-refractivity contribution < 1.29 is 13.2 Å². The number of rotatable bonds is 4. The largest absolute Gasteiger partial charge is 0.339 e. The Morgan fingerprint density at radius 3 is 2.69 bits per heavy atom. The minimum absolute atomic E-state index is 0.00988. The zero-order valence-electron chi connectivity index (χ0n) is 14.4. The number of anilines is 2. The Bertz CT molecular complexity index is 949. The fourth-order valence-corrected chi connectivity index (χ4v) is 4.83. The van der Waals surface area contributed by atoms with Gasteiger partial charge in [0.2, 0.25) is 0 Å². The van der Waals surface area contributed by atoms with Gasteiger partial charge in [-0.15, -0.1) is 0 Å². The van der Waals surface area contributed by atoms with Crippen molar-refractivity contribution in [3.05, 3.63) is 46.9 Å². The van der Waals surface area contributed by atoms with Crippen LogP contribution in [0.2, 0.25) is 5.02 Å². The fraction of sp³-hybridized carbons (Fsp3) is 0.353. The second kappa shape index (κ2) is 7.20. The Labute approximate surface area is 157 Å². The van der Waals surface area contributed by atoms with Gasteiger partial charge in [0.1, 0.15) is 17.3 Å². The number of aryl methyl sites for hydroxylation is 1. The highest BCUT2D eigenvalue weighted by molar-refractivity contribution is 7.91. The van der Waals surface area contributed by atoms with E-state index in [1.165, 1.54) is 4.90 Å². The van der Waals surface area contributed by atoms with Crippen LogP contribution < -0.4 is 5.32 Å². The van der Waals surface area contributed by atoms with Gasteiger partial charge < -0.3 is 10.2 Å². The standard InChI is InChI=1S/C17H19ClN4O3S/c1-11-19-15(17(23)22(2)12-7-8-26(24,25)10-12)9-16(20-11)21-14-6-4-3-5-13(14)18/h3-6,9,12H,7-8,10H2,1-2H3,(H,19,20,21). The molecule has 1 aliphatic rings. The molecule has 0 saturated carbocycles. The normalized spacial score (nSPS) is 18.5. The summed E-state index contributed by atoms with van der Waals surface area (Å²) in [5.74, 6) is 0.639. The molecule has 1 aromatic carbocycles. The molecule has 1 saturated heterocycles. The van der Waals surface area contributed by atoms with Crippen LogP contribution in [0, 0.1) is 6.92 Å². The Morgan fingerprint density at radius 1 is 1.31 bits per heavy atom. The molecule has 1 aliphatic heterocycles. The van der Waals surface area contributed by atoms with Crippen LogP contribution in [0.3, 0.4) is 0 Å². The maximum Gasteiger partial charge on any atom is 0.272 e. The molecule has 1 aromatic heterocycles. The highest BCUT2D eigenvalue weighted by atomic mass is 35.5. The topological polar surface area (TPSA) is 92.3 Å². The minimum Gasteiger partial charge on any atom is -0.339 e. The van der Waals surface area contributed by atoms with E-state index < -0.39 is 9.84 Å². The summed E-state index contributed by atoms with van der Waals surface area (Å²) in [6.45, 7) is 1.69. The lowest BCUT2D eigenvalue weighted by molar-refractivity contribution is 0.0741. The molecule has 0 radical (unpaired) electrons. The van der Waals surface area contributed by atoms with Crippen LogP contribution in [0.15, 0.2) is 30.3 Å². The second-order valence-corrected chi connectivity index (χ2v) is 8.90. The number of nitrogens with zero attached hydrogens (tertiary/aromatic N) is 3. The molecule has 2 aromatic rings. The Morgan fingerprint density at radius 2 is 2.04 bits per heavy atom. The highest BCUT2D eigenvalue weighted by Crippen LogP contribution is 2.25. The molecule has 7 nitrogen and oxygen atoms in total. The number of benzene rings is 1. The predicted molar refractivity (Wildman–Crippen MR) is 101 cm³/mol. The van der Waals surface area contributed by atoms with Gasteiger partial charge in [0.05, 0.1) is 22.2 Å². The van der Waals surface area contributed by atoms with Crippen molar-refractivity contribution >= 4 is 38.9 Å². The first kappa shape index (κ1) is 18.6. The van der Waals surface area contributed by atoms with Crippen LogP contribution in [0.1, 0.15) is 22.7 Å². The predicted octanol–water partition coefficient (Wildman–Crippen LogP) is 2.44. The third-order valence-corrected chi connectivity index (χ3v) is 6.35. The minimum atomic E-state index is -3.07. The molecule has 1 amide bonds. The maximum atomic E-state index is 12.8. The van der Waals surface area contributed by atoms with Gasteiger partial charge in [0.15, 0.2) is 9.84 Å². The number of amides is 1. The van der Waals surface area contributed by atoms with E-state index in [4.69, 9.17) is 11.6 Å². The summed E-state index contributed by atoms with van der Waals surface area (Å²) in [5.41, 5.74) is 0.875. The van der Waals surface area contributed by atoms with Crippen LogP contribution in [-0.2, 0) is 9.84 Å². The monoisotopic (exact) mass is 394 g/mol. The number of hydrogen-bond donors (Lipinski definition) is 1. The summed E-state index contributed by atoms with van der Waals surface area (Å²) in [7, 11) is -1.47. The van der Waals surface area contributed by atoms with Crippen molar-refractivity contribution in [2.24, 2.45) is 0 Å². The molecule has 2 heterocycles. The van der Waals surface area contributed by atoms with Crippen molar-refractivity contribution in [3.8, 4) is 0 Å². The number of carbonyl (C=O) groups excluding carboxylic acids is 1. The molecular formula is C17H19ClN4O3S. The average Bonchev–Trinajstić information content (AvgIpc) is 2.95. The number of sulfone groups is 1. The van der Waals surface area contributed by atoms with Gasteiger partial charge >= 0.3 is 0 Å². The quantitative estimate of drug-likeness (QED) is 0.856. The number of para-hydroxylation sites is 1. The molecule has 26 heavy (non-hydrogen) atoms. The molecule has 1 unspecified atom stereocenters. The van der Waals surface area contributed by atoms with E-state index in [1.54, 1.807) is 32.2 Å². The van der Waals surface area contributed by atoms with Crippen LogP contribution in [0.5, 0.6) is 0 Å². The van der Waals surface area contributed by atoms with Gasteiger partial charge in [-0.3, -0.25) is 4.79 Å². The molecule has 3 rings (SSSR count). The lowest BCUT2D eigenvalue weighted by atomic mass is 10.2. The molecule has 1 fully saturated rings. The van der Waals surface area contributed by atoms with E-state index in [2.05, 4.69) is 15.3 Å². The summed E-state index contributed by atoms with van der Waals surface area (Å²) in [5, 5.41) is 3.61. The molecule has 0 aliphatic carbocycles. The molecule has 0 spiro atoms. The van der Waals surface area contributed by atoms with E-state index in [9.17, 15) is 13.2 Å².